The Morgan fingerprint density at radius 2 is 1.76 bits per heavy atom. The van der Waals surface area contributed by atoms with Crippen molar-refractivity contribution < 1.29 is 35.5 Å². The van der Waals surface area contributed by atoms with Crippen LogP contribution >= 0.6 is 0 Å². The minimum Gasteiger partial charge on any atom is -0.383 e. The van der Waals surface area contributed by atoms with E-state index >= 15 is 0 Å². The van der Waals surface area contributed by atoms with Crippen LogP contribution in [-0.2, 0) is 14.8 Å². The number of nitrogens with one attached hydrogen (secondary N) is 1. The second kappa shape index (κ2) is 9.70. The number of anilines is 1. The molecule has 0 aliphatic carbocycles. The largest absolute Gasteiger partial charge is 0.383 e. The number of ether oxygens (including phenoxy) is 1. The van der Waals surface area contributed by atoms with E-state index in [1.807, 2.05) is 0 Å². The highest BCUT2D eigenvalue weighted by Gasteiger charge is 2.20. The van der Waals surface area contributed by atoms with Gasteiger partial charge in [0.2, 0.25) is 0 Å². The molecule has 1 amide bonds. The molecule has 2 aromatic rings. The normalized spacial score (nSPS) is 11.5. The summed E-state index contributed by atoms with van der Waals surface area (Å²) in [6.07, 6.45) is -2.72. The molecule has 29 heavy (non-hydrogen) atoms. The number of amides is 1. The summed E-state index contributed by atoms with van der Waals surface area (Å²) >= 11 is 0. The Morgan fingerprint density at radius 3 is 2.31 bits per heavy atom. The Balaban J connectivity index is 2.16. The summed E-state index contributed by atoms with van der Waals surface area (Å²) in [6.45, 7) is -0.735. The summed E-state index contributed by atoms with van der Waals surface area (Å²) in [5, 5.41) is 0. The number of alkyl halides is 2. The number of benzene rings is 2. The number of rotatable bonds is 9. The van der Waals surface area contributed by atoms with Gasteiger partial charge < -0.3 is 9.64 Å². The van der Waals surface area contributed by atoms with Crippen LogP contribution in [0, 0.1) is 11.6 Å². The van der Waals surface area contributed by atoms with Gasteiger partial charge in [0.15, 0.2) is 11.6 Å². The van der Waals surface area contributed by atoms with Crippen molar-refractivity contribution in [3.05, 3.63) is 59.7 Å². The van der Waals surface area contributed by atoms with Crippen LogP contribution in [0.3, 0.4) is 0 Å². The number of methoxy groups -OCH3 is 1. The fourth-order valence-electron chi connectivity index (χ4n) is 2.37. The van der Waals surface area contributed by atoms with Crippen molar-refractivity contribution in [1.82, 2.24) is 4.90 Å². The first-order chi connectivity index (χ1) is 13.6. The second-order valence-electron chi connectivity index (χ2n) is 5.89. The van der Waals surface area contributed by atoms with E-state index in [9.17, 15) is 30.8 Å². The molecule has 11 heteroatoms. The molecular weight excluding hydrogens is 416 g/mol. The first kappa shape index (κ1) is 22.6. The smallest absolute Gasteiger partial charge is 0.261 e. The van der Waals surface area contributed by atoms with Crippen LogP contribution in [0.4, 0.5) is 23.2 Å². The average Bonchev–Trinajstić information content (AvgIpc) is 2.66. The summed E-state index contributed by atoms with van der Waals surface area (Å²) in [7, 11) is -2.82. The molecule has 0 heterocycles. The van der Waals surface area contributed by atoms with Gasteiger partial charge in [-0.05, 0) is 42.5 Å². The SMILES string of the molecule is COCCN(CC(F)F)C(=O)c1ccc(NS(=O)(=O)c2ccc(F)c(F)c2)cc1. The zero-order chi connectivity index (χ0) is 21.6. The highest BCUT2D eigenvalue weighted by Crippen LogP contribution is 2.19. The molecule has 0 saturated heterocycles. The van der Waals surface area contributed by atoms with Gasteiger partial charge in [0.1, 0.15) is 0 Å². The summed E-state index contributed by atoms with van der Waals surface area (Å²) in [4.78, 5) is 12.8. The summed E-state index contributed by atoms with van der Waals surface area (Å²) in [5.74, 6) is -3.17. The molecule has 2 rings (SSSR count). The van der Waals surface area contributed by atoms with Crippen molar-refractivity contribution in [2.75, 3.05) is 31.5 Å². The van der Waals surface area contributed by atoms with Gasteiger partial charge in [-0.2, -0.15) is 0 Å². The van der Waals surface area contributed by atoms with E-state index in [0.29, 0.717) is 12.1 Å². The third-order valence-electron chi connectivity index (χ3n) is 3.80. The average molecular weight is 434 g/mol. The Bertz CT molecular complexity index is 953. The molecule has 0 unspecified atom stereocenters. The minimum atomic E-state index is -4.20. The van der Waals surface area contributed by atoms with Gasteiger partial charge in [-0.1, -0.05) is 0 Å². The van der Waals surface area contributed by atoms with Crippen molar-refractivity contribution in [1.29, 1.82) is 0 Å². The third-order valence-corrected chi connectivity index (χ3v) is 5.18. The lowest BCUT2D eigenvalue weighted by molar-refractivity contribution is 0.0478. The Hall–Kier alpha value is -2.66. The lowest BCUT2D eigenvalue weighted by Gasteiger charge is -2.22. The van der Waals surface area contributed by atoms with Crippen molar-refractivity contribution in [2.24, 2.45) is 0 Å². The van der Waals surface area contributed by atoms with Crippen molar-refractivity contribution in [3.63, 3.8) is 0 Å². The summed E-state index contributed by atoms with van der Waals surface area (Å²) in [5.41, 5.74) is 0.112. The van der Waals surface area contributed by atoms with Gasteiger partial charge in [0, 0.05) is 24.9 Å². The van der Waals surface area contributed by atoms with Crippen LogP contribution in [0.15, 0.2) is 47.4 Å². The number of hydrogen-bond donors (Lipinski definition) is 1. The maximum Gasteiger partial charge on any atom is 0.261 e. The molecule has 0 aliphatic heterocycles. The fraction of sp³-hybridized carbons (Fsp3) is 0.278. The molecule has 158 valence electrons. The van der Waals surface area contributed by atoms with Crippen LogP contribution in [0.5, 0.6) is 0 Å². The molecule has 2 aromatic carbocycles. The first-order valence-electron chi connectivity index (χ1n) is 8.28. The number of sulfonamides is 1. The van der Waals surface area contributed by atoms with Gasteiger partial charge in [0.05, 0.1) is 18.0 Å². The molecule has 0 bridgehead atoms. The minimum absolute atomic E-state index is 0.0375. The van der Waals surface area contributed by atoms with Gasteiger partial charge in [0.25, 0.3) is 22.4 Å². The molecule has 0 atom stereocenters. The quantitative estimate of drug-likeness (QED) is 0.616. The maximum atomic E-state index is 13.3. The highest BCUT2D eigenvalue weighted by atomic mass is 32.2. The van der Waals surface area contributed by atoms with Crippen molar-refractivity contribution >= 4 is 21.6 Å². The summed E-state index contributed by atoms with van der Waals surface area (Å²) < 4.78 is 83.1. The zero-order valence-electron chi connectivity index (χ0n) is 15.2. The Labute approximate surface area is 165 Å². The molecule has 0 radical (unpaired) electrons. The lowest BCUT2D eigenvalue weighted by Crippen LogP contribution is -2.37. The zero-order valence-corrected chi connectivity index (χ0v) is 16.1. The van der Waals surface area contributed by atoms with Crippen molar-refractivity contribution in [2.45, 2.75) is 11.3 Å². The Morgan fingerprint density at radius 1 is 1.10 bits per heavy atom. The van der Waals surface area contributed by atoms with E-state index in [2.05, 4.69) is 4.72 Å². The van der Waals surface area contributed by atoms with E-state index in [1.165, 1.54) is 31.4 Å². The number of carbonyl (C=O) groups excluding carboxylic acids is 1. The van der Waals surface area contributed by atoms with E-state index < -0.39 is 45.4 Å². The van der Waals surface area contributed by atoms with Crippen LogP contribution in [0.2, 0.25) is 0 Å². The maximum absolute atomic E-state index is 13.3. The lowest BCUT2D eigenvalue weighted by atomic mass is 10.2. The molecule has 6 nitrogen and oxygen atoms in total. The number of hydrogen-bond acceptors (Lipinski definition) is 4. The standard InChI is InChI=1S/C18H18F4N2O4S/c1-28-9-8-24(11-17(21)22)18(25)12-2-4-13(5-3-12)23-29(26,27)14-6-7-15(19)16(20)10-14/h2-7,10,17,23H,8-9,11H2,1H3. The topological polar surface area (TPSA) is 75.7 Å². The number of carbonyl (C=O) groups is 1. The monoisotopic (exact) mass is 434 g/mol. The van der Waals surface area contributed by atoms with Gasteiger partial charge in [-0.3, -0.25) is 9.52 Å². The molecular formula is C18H18F4N2O4S. The molecule has 1 N–H and O–H groups in total. The van der Waals surface area contributed by atoms with Crippen LogP contribution in [0.1, 0.15) is 10.4 Å². The fourth-order valence-corrected chi connectivity index (χ4v) is 3.44. The molecule has 0 aromatic heterocycles. The summed E-state index contributed by atoms with van der Waals surface area (Å²) in [6, 6.07) is 7.14. The van der Waals surface area contributed by atoms with Crippen LogP contribution < -0.4 is 4.72 Å². The van der Waals surface area contributed by atoms with Gasteiger partial charge in [-0.25, -0.2) is 26.0 Å². The molecule has 0 spiro atoms. The van der Waals surface area contributed by atoms with E-state index in [-0.39, 0.29) is 24.4 Å². The Kier molecular flexibility index (Phi) is 7.57. The third kappa shape index (κ3) is 6.16. The van der Waals surface area contributed by atoms with Crippen LogP contribution in [-0.4, -0.2) is 52.5 Å². The number of halogens is 4. The number of nitrogens with zero attached hydrogens (tertiary/aromatic N) is 1. The van der Waals surface area contributed by atoms with Gasteiger partial charge in [-0.15, -0.1) is 0 Å². The van der Waals surface area contributed by atoms with E-state index in [1.54, 1.807) is 0 Å². The predicted molar refractivity (Wildman–Crippen MR) is 97.4 cm³/mol. The highest BCUT2D eigenvalue weighted by molar-refractivity contribution is 7.92. The van der Waals surface area contributed by atoms with Crippen molar-refractivity contribution in [3.8, 4) is 0 Å². The molecule has 0 fully saturated rings. The molecule has 0 aliphatic rings. The van der Waals surface area contributed by atoms with E-state index in [0.717, 1.165) is 11.0 Å². The second-order valence-corrected chi connectivity index (χ2v) is 7.58. The molecule has 0 saturated carbocycles. The first-order valence-corrected chi connectivity index (χ1v) is 9.76. The van der Waals surface area contributed by atoms with Gasteiger partial charge >= 0.3 is 0 Å². The predicted octanol–water partition coefficient (Wildman–Crippen LogP) is 3.12. The van der Waals surface area contributed by atoms with E-state index in [4.69, 9.17) is 4.74 Å². The van der Waals surface area contributed by atoms with Crippen LogP contribution in [0.25, 0.3) is 0 Å².